The first kappa shape index (κ1) is 79.6. The standard InChI is InChI=1S/C62H99N11O15/c1-18-23-37-63-50(76)45(68-54(80)47(69-53(79)44(33-22-5)73-58(84)88-62(15,16)17)36-26-29-39-65-49(75)42(31-20-3)71-56(82)86-60(9,10)11)34-25-28-40-66-51(77)46(67-52(78)43(32-21-4)72-57(83)87-61(12,13)14)35-24-27-38-64-48(74)41(30-19-2)70-55(81)85-59(6,7)8/h2-5,41-47H,18,23-40H2,1,6-17H3,(H,63,76)(H,64,74)(H,65,75)(H,66,77)(H,67,78)(H,68,80)(H,69,79)(H,70,81)(H,71,82)(H,72,83)(H,73,84)/t41-,42-,43+,44+,45-,46+,47+/m1/s1. The molecule has 11 N–H and O–H groups in total. The largest absolute Gasteiger partial charge is 0.444 e. The predicted molar refractivity (Wildman–Crippen MR) is 331 cm³/mol. The number of hydrogen-bond acceptors (Lipinski definition) is 15. The highest BCUT2D eigenvalue weighted by molar-refractivity contribution is 5.94. The Morgan fingerprint density at radius 1 is 0.307 bits per heavy atom. The zero-order valence-electron chi connectivity index (χ0n) is 53.9. The van der Waals surface area contributed by atoms with Gasteiger partial charge in [-0.2, -0.15) is 0 Å². The molecule has 0 aromatic rings. The molecule has 0 saturated heterocycles. The van der Waals surface area contributed by atoms with E-state index in [1.165, 1.54) is 0 Å². The van der Waals surface area contributed by atoms with Gasteiger partial charge >= 0.3 is 24.4 Å². The van der Waals surface area contributed by atoms with Gasteiger partial charge in [0.25, 0.3) is 0 Å². The Labute approximate surface area is 520 Å². The highest BCUT2D eigenvalue weighted by Crippen LogP contribution is 2.13. The Morgan fingerprint density at radius 3 is 0.739 bits per heavy atom. The number of carbonyl (C=O) groups excluding carboxylic acids is 11. The molecule has 26 heteroatoms. The summed E-state index contributed by atoms with van der Waals surface area (Å²) in [6.45, 7) is 22.2. The lowest BCUT2D eigenvalue weighted by Crippen LogP contribution is -2.57. The Morgan fingerprint density at radius 2 is 0.511 bits per heavy atom. The maximum Gasteiger partial charge on any atom is 0.408 e. The van der Waals surface area contributed by atoms with Crippen LogP contribution in [0.25, 0.3) is 0 Å². The molecule has 492 valence electrons. The van der Waals surface area contributed by atoms with Crippen LogP contribution < -0.4 is 58.5 Å². The van der Waals surface area contributed by atoms with E-state index in [0.29, 0.717) is 12.8 Å². The first-order chi connectivity index (χ1) is 41.0. The minimum atomic E-state index is -1.34. The van der Waals surface area contributed by atoms with Crippen LogP contribution in [0.3, 0.4) is 0 Å². The minimum absolute atomic E-state index is 0.0293. The second-order valence-electron chi connectivity index (χ2n) is 24.6. The van der Waals surface area contributed by atoms with Gasteiger partial charge in [0.1, 0.15) is 64.7 Å². The fraction of sp³-hybridized carbons (Fsp3) is 0.694. The topological polar surface area (TPSA) is 357 Å². The summed E-state index contributed by atoms with van der Waals surface area (Å²) in [5.41, 5.74) is -3.50. The van der Waals surface area contributed by atoms with Gasteiger partial charge in [-0.05, 0) is 147 Å². The number of terminal acetylenes is 4. The van der Waals surface area contributed by atoms with E-state index in [9.17, 15) is 52.7 Å². The van der Waals surface area contributed by atoms with Gasteiger partial charge in [0.2, 0.25) is 41.4 Å². The lowest BCUT2D eigenvalue weighted by molar-refractivity contribution is -0.132. The molecule has 0 radical (unpaired) electrons. The van der Waals surface area contributed by atoms with E-state index in [1.54, 1.807) is 83.1 Å². The number of nitrogens with one attached hydrogen (secondary N) is 11. The summed E-state index contributed by atoms with van der Waals surface area (Å²) in [5, 5.41) is 28.9. The van der Waals surface area contributed by atoms with Gasteiger partial charge in [-0.1, -0.05) is 13.3 Å². The van der Waals surface area contributed by atoms with E-state index in [4.69, 9.17) is 44.6 Å². The molecule has 0 aliphatic heterocycles. The molecule has 88 heavy (non-hydrogen) atoms. The van der Waals surface area contributed by atoms with Crippen molar-refractivity contribution in [1.29, 1.82) is 0 Å². The highest BCUT2D eigenvalue weighted by atomic mass is 16.6. The molecular weight excluding hydrogens is 1140 g/mol. The van der Waals surface area contributed by atoms with Gasteiger partial charge in [0.15, 0.2) is 0 Å². The van der Waals surface area contributed by atoms with E-state index in [2.05, 4.69) is 82.2 Å². The number of unbranched alkanes of at least 4 members (excludes halogenated alkanes) is 4. The maximum atomic E-state index is 14.3. The van der Waals surface area contributed by atoms with Gasteiger partial charge in [0, 0.05) is 51.9 Å². The number of hydrogen-bond donors (Lipinski definition) is 11. The summed E-state index contributed by atoms with van der Waals surface area (Å²) in [5.74, 6) is 4.74. The predicted octanol–water partition coefficient (Wildman–Crippen LogP) is 3.88. The van der Waals surface area contributed by atoms with Crippen molar-refractivity contribution in [3.63, 3.8) is 0 Å². The van der Waals surface area contributed by atoms with Crippen LogP contribution in [0.5, 0.6) is 0 Å². The third-order valence-corrected chi connectivity index (χ3v) is 11.7. The number of ether oxygens (including phenoxy) is 4. The van der Waals surface area contributed by atoms with Crippen molar-refractivity contribution in [3.8, 4) is 49.4 Å². The van der Waals surface area contributed by atoms with E-state index < -0.39 is 130 Å². The van der Waals surface area contributed by atoms with Crippen LogP contribution >= 0.6 is 0 Å². The molecule has 0 aliphatic carbocycles. The normalized spacial score (nSPS) is 13.6. The quantitative estimate of drug-likeness (QED) is 0.0241. The zero-order chi connectivity index (χ0) is 67.3. The first-order valence-corrected chi connectivity index (χ1v) is 29.7. The summed E-state index contributed by atoms with van der Waals surface area (Å²) < 4.78 is 21.2. The molecule has 7 atom stereocenters. The van der Waals surface area contributed by atoms with Crippen LogP contribution in [0.1, 0.15) is 186 Å². The van der Waals surface area contributed by atoms with Crippen LogP contribution in [-0.2, 0) is 52.5 Å². The lowest BCUT2D eigenvalue weighted by atomic mass is 10.0. The molecule has 0 aliphatic rings. The molecule has 0 saturated carbocycles. The Bertz CT molecular complexity index is 2480. The highest BCUT2D eigenvalue weighted by Gasteiger charge is 2.33. The average molecular weight is 1240 g/mol. The van der Waals surface area contributed by atoms with Crippen molar-refractivity contribution in [1.82, 2.24) is 58.5 Å². The van der Waals surface area contributed by atoms with Crippen molar-refractivity contribution in [2.24, 2.45) is 0 Å². The second kappa shape index (κ2) is 40.9. The smallest absolute Gasteiger partial charge is 0.408 e. The van der Waals surface area contributed by atoms with E-state index in [0.717, 1.165) is 6.42 Å². The van der Waals surface area contributed by atoms with Crippen LogP contribution in [0.4, 0.5) is 19.2 Å². The minimum Gasteiger partial charge on any atom is -0.444 e. The lowest BCUT2D eigenvalue weighted by Gasteiger charge is -2.26. The molecule has 0 aromatic carbocycles. The second-order valence-corrected chi connectivity index (χ2v) is 24.6. The van der Waals surface area contributed by atoms with Crippen molar-refractivity contribution >= 4 is 65.7 Å². The number of amides is 11. The third kappa shape index (κ3) is 38.6. The Hall–Kier alpha value is -8.39. The fourth-order valence-electron chi connectivity index (χ4n) is 7.67. The zero-order valence-corrected chi connectivity index (χ0v) is 53.9. The summed E-state index contributed by atoms with van der Waals surface area (Å²) in [6.07, 6.45) is 20.7. The molecule has 0 spiro atoms. The Kier molecular flexibility index (Phi) is 37.0. The molecule has 0 aromatic heterocycles. The van der Waals surface area contributed by atoms with Crippen molar-refractivity contribution < 1.29 is 71.7 Å². The molecule has 0 unspecified atom stereocenters. The molecule has 26 nitrogen and oxygen atoms in total. The van der Waals surface area contributed by atoms with Crippen LogP contribution in [0, 0.1) is 49.4 Å². The number of carbonyl (C=O) groups is 11. The summed E-state index contributed by atoms with van der Waals surface area (Å²) in [7, 11) is 0. The third-order valence-electron chi connectivity index (χ3n) is 11.7. The first-order valence-electron chi connectivity index (χ1n) is 29.7. The number of rotatable bonds is 36. The van der Waals surface area contributed by atoms with Gasteiger partial charge in [-0.15, -0.1) is 49.4 Å². The van der Waals surface area contributed by atoms with E-state index in [1.807, 2.05) is 6.92 Å². The van der Waals surface area contributed by atoms with Crippen LogP contribution in [0.2, 0.25) is 0 Å². The average Bonchev–Trinajstić information content (AvgIpc) is 3.55. The fourth-order valence-corrected chi connectivity index (χ4v) is 7.67. The van der Waals surface area contributed by atoms with Gasteiger partial charge in [-0.25, -0.2) is 19.2 Å². The van der Waals surface area contributed by atoms with Crippen LogP contribution in [0.15, 0.2) is 0 Å². The van der Waals surface area contributed by atoms with Crippen LogP contribution in [-0.4, -0.2) is 157 Å². The van der Waals surface area contributed by atoms with Crippen molar-refractivity contribution in [2.45, 2.75) is 251 Å². The SMILES string of the molecule is C#CC[C@H](NC(=O)OC(C)(C)C)C(=O)N[C@@H](CCCCNC(=O)[C@@H](CC#C)NC(=O)OC(C)(C)C)C(=O)NCCCC[C@@H](NC(=O)[C@H](CCCCNC(=O)[C@@H](CC#C)NC(=O)OC(C)(C)C)NC(=O)[C@H](CC#C)NC(=O)OC(C)(C)C)C(=O)NCCCC. The number of alkyl carbamates (subject to hydrolysis) is 4. The molecule has 11 amide bonds. The van der Waals surface area contributed by atoms with E-state index in [-0.39, 0.29) is 103 Å². The summed E-state index contributed by atoms with van der Waals surface area (Å²) in [6, 6.07) is -8.48. The molecule has 0 bridgehead atoms. The molecular formula is C62H99N11O15. The Balaban J connectivity index is 6.55. The van der Waals surface area contributed by atoms with Gasteiger partial charge < -0.3 is 77.4 Å². The molecule has 0 rings (SSSR count). The molecule has 0 fully saturated rings. The van der Waals surface area contributed by atoms with Gasteiger partial charge in [0.05, 0.1) is 0 Å². The maximum absolute atomic E-state index is 14.3. The van der Waals surface area contributed by atoms with Crippen molar-refractivity contribution in [3.05, 3.63) is 0 Å². The van der Waals surface area contributed by atoms with Crippen molar-refractivity contribution in [2.75, 3.05) is 26.2 Å². The molecule has 0 heterocycles. The van der Waals surface area contributed by atoms with Gasteiger partial charge in [-0.3, -0.25) is 33.6 Å². The summed E-state index contributed by atoms with van der Waals surface area (Å²) in [4.78, 5) is 146. The monoisotopic (exact) mass is 1240 g/mol. The summed E-state index contributed by atoms with van der Waals surface area (Å²) >= 11 is 0. The van der Waals surface area contributed by atoms with E-state index >= 15 is 0 Å².